The Kier molecular flexibility index (Phi) is 11.6. The zero-order valence-electron chi connectivity index (χ0n) is 14.7. The van der Waals surface area contributed by atoms with Crippen molar-refractivity contribution in [3.8, 4) is 0 Å². The summed E-state index contributed by atoms with van der Waals surface area (Å²) in [5.41, 5.74) is 0. The number of halogens is 6. The second-order valence-corrected chi connectivity index (χ2v) is 6.75. The van der Waals surface area contributed by atoms with Gasteiger partial charge in [0.2, 0.25) is 0 Å². The number of alkyl halides is 6. The van der Waals surface area contributed by atoms with Crippen molar-refractivity contribution in [2.24, 2.45) is 11.8 Å². The molecule has 0 aliphatic rings. The van der Waals surface area contributed by atoms with E-state index in [1.165, 1.54) is 13.8 Å². The molecule has 0 aliphatic heterocycles. The molecule has 0 N–H and O–H groups in total. The molecule has 10 heteroatoms. The molecule has 0 heterocycles. The molecule has 0 saturated heterocycles. The highest BCUT2D eigenvalue weighted by Crippen LogP contribution is 2.41. The summed E-state index contributed by atoms with van der Waals surface area (Å²) in [5.74, 6) is -9.32. The first-order valence-corrected chi connectivity index (χ1v) is 9.88. The van der Waals surface area contributed by atoms with Gasteiger partial charge in [-0.1, -0.05) is 29.0 Å². The lowest BCUT2D eigenvalue weighted by atomic mass is 9.83. The molecule has 0 fully saturated rings. The van der Waals surface area contributed by atoms with Crippen molar-refractivity contribution in [2.45, 2.75) is 58.1 Å². The van der Waals surface area contributed by atoms with Crippen LogP contribution in [0.2, 0.25) is 0 Å². The predicted octanol–water partition coefficient (Wildman–Crippen LogP) is 4.93. The van der Waals surface area contributed by atoms with Crippen LogP contribution in [0.25, 0.3) is 0 Å². The maximum atomic E-state index is 13.3. The third-order valence-electron chi connectivity index (χ3n) is 3.75. The maximum Gasteiger partial charge on any atom is 0.453 e. The molecule has 0 aromatic rings. The number of carbonyl (C=O) groups is 2. The Bertz CT molecular complexity index is 425. The monoisotopic (exact) mass is 502 g/mol. The van der Waals surface area contributed by atoms with Gasteiger partial charge < -0.3 is 9.47 Å². The van der Waals surface area contributed by atoms with Crippen LogP contribution < -0.4 is 0 Å². The van der Waals surface area contributed by atoms with Crippen molar-refractivity contribution < 1.29 is 41.0 Å². The molecule has 0 spiro atoms. The van der Waals surface area contributed by atoms with E-state index in [0.29, 0.717) is 12.8 Å². The van der Waals surface area contributed by atoms with Crippen molar-refractivity contribution in [3.05, 3.63) is 0 Å². The molecule has 154 valence electrons. The summed E-state index contributed by atoms with van der Waals surface area (Å²) >= 11 is 2.10. The first-order valence-electron chi connectivity index (χ1n) is 8.35. The van der Waals surface area contributed by atoms with Crippen LogP contribution >= 0.6 is 22.6 Å². The Hall–Kier alpha value is -0.680. The third-order valence-corrected chi connectivity index (χ3v) is 4.52. The van der Waals surface area contributed by atoms with Gasteiger partial charge in [0.1, 0.15) is 0 Å². The summed E-state index contributed by atoms with van der Waals surface area (Å²) in [5, 5.41) is 0. The van der Waals surface area contributed by atoms with Gasteiger partial charge in [0.25, 0.3) is 0 Å². The maximum absolute atomic E-state index is 13.3. The summed E-state index contributed by atoms with van der Waals surface area (Å²) < 4.78 is 74.2. The highest BCUT2D eigenvalue weighted by molar-refractivity contribution is 14.1. The lowest BCUT2D eigenvalue weighted by Gasteiger charge is -2.27. The summed E-state index contributed by atoms with van der Waals surface area (Å²) in [7, 11) is 0. The number of carbonyl (C=O) groups excluding carboxylic acids is 2. The highest BCUT2D eigenvalue weighted by atomic mass is 127. The fraction of sp³-hybridized carbons (Fsp3) is 0.875. The third kappa shape index (κ3) is 8.34. The molecule has 0 aromatic carbocycles. The number of hydrogen-bond donors (Lipinski definition) is 0. The van der Waals surface area contributed by atoms with E-state index in [2.05, 4.69) is 22.6 Å². The van der Waals surface area contributed by atoms with Crippen LogP contribution in [0.15, 0.2) is 0 Å². The molecule has 26 heavy (non-hydrogen) atoms. The Morgan fingerprint density at radius 1 is 0.923 bits per heavy atom. The van der Waals surface area contributed by atoms with E-state index in [1.54, 1.807) is 0 Å². The number of esters is 2. The van der Waals surface area contributed by atoms with Crippen molar-refractivity contribution in [1.29, 1.82) is 0 Å². The van der Waals surface area contributed by atoms with Crippen molar-refractivity contribution in [3.63, 3.8) is 0 Å². The minimum absolute atomic E-state index is 0.0477. The molecule has 0 bridgehead atoms. The first kappa shape index (κ1) is 25.3. The lowest BCUT2D eigenvalue weighted by Crippen LogP contribution is -2.39. The molecule has 1 unspecified atom stereocenters. The minimum Gasteiger partial charge on any atom is -0.465 e. The lowest BCUT2D eigenvalue weighted by molar-refractivity contribution is -0.285. The average molecular weight is 502 g/mol. The van der Waals surface area contributed by atoms with Crippen molar-refractivity contribution in [2.75, 3.05) is 17.6 Å². The van der Waals surface area contributed by atoms with Gasteiger partial charge in [-0.3, -0.25) is 9.59 Å². The molecular formula is C16H24F5IO4. The van der Waals surface area contributed by atoms with Gasteiger partial charge >= 0.3 is 24.0 Å². The largest absolute Gasteiger partial charge is 0.465 e. The van der Waals surface area contributed by atoms with Crippen LogP contribution in [0.5, 0.6) is 0 Å². The van der Waals surface area contributed by atoms with Crippen molar-refractivity contribution >= 4 is 34.5 Å². The van der Waals surface area contributed by atoms with Crippen LogP contribution in [0.4, 0.5) is 22.0 Å². The molecule has 4 nitrogen and oxygen atoms in total. The molecule has 0 aliphatic carbocycles. The normalized spacial score (nSPS) is 13.6. The van der Waals surface area contributed by atoms with Gasteiger partial charge in [-0.05, 0) is 43.5 Å². The topological polar surface area (TPSA) is 52.6 Å². The fourth-order valence-corrected chi connectivity index (χ4v) is 2.97. The van der Waals surface area contributed by atoms with Gasteiger partial charge in [0, 0.05) is 6.42 Å². The molecule has 0 saturated carbocycles. The van der Waals surface area contributed by atoms with Crippen LogP contribution in [-0.4, -0.2) is 41.7 Å². The molecule has 1 atom stereocenters. The van der Waals surface area contributed by atoms with Crippen molar-refractivity contribution in [1.82, 2.24) is 0 Å². The Morgan fingerprint density at radius 3 is 1.81 bits per heavy atom. The van der Waals surface area contributed by atoms with E-state index in [-0.39, 0.29) is 19.6 Å². The number of rotatable bonds is 12. The van der Waals surface area contributed by atoms with Gasteiger partial charge in [0.05, 0.1) is 13.2 Å². The summed E-state index contributed by atoms with van der Waals surface area (Å²) in [6.45, 7) is 2.91. The number of unbranched alkanes of at least 4 members (excludes halogenated alkanes) is 1. The molecule has 0 rings (SSSR count). The smallest absolute Gasteiger partial charge is 0.453 e. The van der Waals surface area contributed by atoms with Gasteiger partial charge in [-0.2, -0.15) is 22.0 Å². The molecule has 0 radical (unpaired) electrons. The summed E-state index contributed by atoms with van der Waals surface area (Å²) in [6.07, 6.45) is -6.50. The van der Waals surface area contributed by atoms with Crippen LogP contribution in [0.3, 0.4) is 0 Å². The second kappa shape index (κ2) is 11.9. The predicted molar refractivity (Wildman–Crippen MR) is 93.2 cm³/mol. The highest BCUT2D eigenvalue weighted by Gasteiger charge is 2.57. The van der Waals surface area contributed by atoms with Crippen LogP contribution in [0, 0.1) is 11.8 Å². The van der Waals surface area contributed by atoms with Gasteiger partial charge in [0.15, 0.2) is 5.92 Å². The number of ether oxygens (including phenoxy) is 2. The van der Waals surface area contributed by atoms with E-state index < -0.39 is 48.7 Å². The SMILES string of the molecule is CCOC(=O)C(C(=O)OCC)C(CCCCI)CCC(F)(F)C(F)(F)F. The molecule has 0 aromatic heterocycles. The minimum atomic E-state index is -5.68. The van der Waals surface area contributed by atoms with Crippen LogP contribution in [-0.2, 0) is 19.1 Å². The Labute approximate surface area is 163 Å². The standard InChI is InChI=1S/C16H24F5IO4/c1-3-25-13(23)12(14(24)26-4-2)11(7-5-6-10-22)8-9-15(17,18)16(19,20)21/h11-12H,3-10H2,1-2H3. The van der Waals surface area contributed by atoms with E-state index in [1.807, 2.05) is 0 Å². The molecular weight excluding hydrogens is 478 g/mol. The van der Waals surface area contributed by atoms with E-state index in [0.717, 1.165) is 4.43 Å². The van der Waals surface area contributed by atoms with Gasteiger partial charge in [-0.15, -0.1) is 0 Å². The molecule has 0 amide bonds. The summed E-state index contributed by atoms with van der Waals surface area (Å²) in [6, 6.07) is 0. The van der Waals surface area contributed by atoms with Crippen LogP contribution in [0.1, 0.15) is 46.0 Å². The Morgan fingerprint density at radius 2 is 1.42 bits per heavy atom. The first-order chi connectivity index (χ1) is 12.0. The zero-order valence-corrected chi connectivity index (χ0v) is 16.9. The second-order valence-electron chi connectivity index (χ2n) is 5.67. The van der Waals surface area contributed by atoms with E-state index in [9.17, 15) is 31.5 Å². The Balaban J connectivity index is 5.41. The van der Waals surface area contributed by atoms with E-state index in [4.69, 9.17) is 9.47 Å². The van der Waals surface area contributed by atoms with E-state index >= 15 is 0 Å². The number of hydrogen-bond acceptors (Lipinski definition) is 4. The average Bonchev–Trinajstić information content (AvgIpc) is 2.52. The zero-order chi connectivity index (χ0) is 20.4. The fourth-order valence-electron chi connectivity index (χ4n) is 2.43. The summed E-state index contributed by atoms with van der Waals surface area (Å²) in [4.78, 5) is 24.2. The quantitative estimate of drug-likeness (QED) is 0.0949. The van der Waals surface area contributed by atoms with Gasteiger partial charge in [-0.25, -0.2) is 0 Å².